The zero-order valence-electron chi connectivity index (χ0n) is 14.0. The number of nitrogens with one attached hydrogen (secondary N) is 1. The molecule has 0 radical (unpaired) electrons. The molecule has 0 aliphatic carbocycles. The molecule has 0 saturated carbocycles. The Morgan fingerprint density at radius 2 is 2.08 bits per heavy atom. The molecule has 26 heavy (non-hydrogen) atoms. The summed E-state index contributed by atoms with van der Waals surface area (Å²) in [5.41, 5.74) is -0.0698. The van der Waals surface area contributed by atoms with E-state index in [9.17, 15) is 13.6 Å². The molecule has 2 atom stereocenters. The van der Waals surface area contributed by atoms with Crippen LogP contribution in [0.1, 0.15) is 24.9 Å². The molecule has 1 fully saturated rings. The van der Waals surface area contributed by atoms with Gasteiger partial charge in [0.05, 0.1) is 18.8 Å². The van der Waals surface area contributed by atoms with Crippen LogP contribution in [0.3, 0.4) is 0 Å². The number of hydrogen-bond donors (Lipinski definition) is 1. The molecule has 1 saturated heterocycles. The summed E-state index contributed by atoms with van der Waals surface area (Å²) in [6.07, 6.45) is 0.435. The highest BCUT2D eigenvalue weighted by molar-refractivity contribution is 9.10. The molecule has 2 unspecified atom stereocenters. The maximum absolute atomic E-state index is 13.7. The molecule has 2 amide bonds. The zero-order valence-corrected chi connectivity index (χ0v) is 15.6. The number of urea groups is 1. The van der Waals surface area contributed by atoms with Gasteiger partial charge in [0, 0.05) is 22.5 Å². The largest absolute Gasteiger partial charge is 0.493 e. The average Bonchev–Trinajstić information content (AvgIpc) is 2.57. The average molecular weight is 425 g/mol. The number of anilines is 1. The molecule has 2 aliphatic heterocycles. The lowest BCUT2D eigenvalue weighted by Crippen LogP contribution is -2.65. The minimum absolute atomic E-state index is 0.210. The number of halogens is 3. The lowest BCUT2D eigenvalue weighted by Gasteiger charge is -2.50. The standard InChI is InChI=1S/C18H15BrF2N2O3/c1-18-8-14(11-5-9(19)6-15(25-2)16(11)26-18)22-17(24)23(18)10-3-4-12(20)13(21)7-10/h3-7,14H,8H2,1-2H3,(H,22,24). The minimum Gasteiger partial charge on any atom is -0.493 e. The van der Waals surface area contributed by atoms with Gasteiger partial charge in [0.2, 0.25) is 0 Å². The Morgan fingerprint density at radius 1 is 1.31 bits per heavy atom. The van der Waals surface area contributed by atoms with Gasteiger partial charge in [0.15, 0.2) is 28.9 Å². The van der Waals surface area contributed by atoms with E-state index in [1.54, 1.807) is 13.0 Å². The van der Waals surface area contributed by atoms with Crippen LogP contribution < -0.4 is 19.7 Å². The molecule has 0 spiro atoms. The van der Waals surface area contributed by atoms with E-state index >= 15 is 0 Å². The summed E-state index contributed by atoms with van der Waals surface area (Å²) >= 11 is 3.43. The van der Waals surface area contributed by atoms with E-state index in [1.165, 1.54) is 18.1 Å². The number of benzene rings is 2. The first-order chi connectivity index (χ1) is 12.3. The van der Waals surface area contributed by atoms with Gasteiger partial charge in [-0.3, -0.25) is 4.90 Å². The Bertz CT molecular complexity index is 924. The van der Waals surface area contributed by atoms with Gasteiger partial charge in [-0.2, -0.15) is 0 Å². The molecule has 2 aromatic rings. The number of ether oxygens (including phenoxy) is 2. The molecule has 8 heteroatoms. The number of methoxy groups -OCH3 is 1. The van der Waals surface area contributed by atoms with Crippen LogP contribution in [-0.4, -0.2) is 18.9 Å². The predicted molar refractivity (Wildman–Crippen MR) is 94.5 cm³/mol. The highest BCUT2D eigenvalue weighted by Crippen LogP contribution is 2.50. The van der Waals surface area contributed by atoms with Crippen molar-refractivity contribution in [3.63, 3.8) is 0 Å². The highest BCUT2D eigenvalue weighted by Gasteiger charge is 2.50. The summed E-state index contributed by atoms with van der Waals surface area (Å²) in [7, 11) is 1.53. The number of carbonyl (C=O) groups excluding carboxylic acids is 1. The first-order valence-corrected chi connectivity index (χ1v) is 8.74. The third-order valence-corrected chi connectivity index (χ3v) is 5.14. The number of rotatable bonds is 2. The summed E-state index contributed by atoms with van der Waals surface area (Å²) in [5, 5.41) is 2.90. The topological polar surface area (TPSA) is 50.8 Å². The molecule has 5 nitrogen and oxygen atoms in total. The fraction of sp³-hybridized carbons (Fsp3) is 0.278. The van der Waals surface area contributed by atoms with Crippen molar-refractivity contribution in [3.8, 4) is 11.5 Å². The van der Waals surface area contributed by atoms with E-state index < -0.39 is 23.4 Å². The van der Waals surface area contributed by atoms with Gasteiger partial charge in [-0.1, -0.05) is 15.9 Å². The summed E-state index contributed by atoms with van der Waals surface area (Å²) in [6.45, 7) is 1.74. The Morgan fingerprint density at radius 3 is 2.77 bits per heavy atom. The SMILES string of the molecule is COc1cc(Br)cc2c1OC1(C)CC2NC(=O)N1c1ccc(F)c(F)c1. The van der Waals surface area contributed by atoms with Gasteiger partial charge in [-0.05, 0) is 31.2 Å². The molecule has 2 heterocycles. The second-order valence-corrected chi connectivity index (χ2v) is 7.36. The Balaban J connectivity index is 1.83. The summed E-state index contributed by atoms with van der Waals surface area (Å²) in [6, 6.07) is 6.23. The summed E-state index contributed by atoms with van der Waals surface area (Å²) in [4.78, 5) is 14.0. The van der Waals surface area contributed by atoms with Gasteiger partial charge >= 0.3 is 6.03 Å². The second-order valence-electron chi connectivity index (χ2n) is 6.44. The molecule has 1 N–H and O–H groups in total. The fourth-order valence-electron chi connectivity index (χ4n) is 3.57. The Labute approximate surface area is 157 Å². The van der Waals surface area contributed by atoms with Crippen molar-refractivity contribution in [2.75, 3.05) is 12.0 Å². The molecular weight excluding hydrogens is 410 g/mol. The van der Waals surface area contributed by atoms with Crippen LogP contribution in [0.4, 0.5) is 19.3 Å². The lowest BCUT2D eigenvalue weighted by atomic mass is 9.90. The molecule has 2 aliphatic rings. The Hall–Kier alpha value is -2.35. The zero-order chi connectivity index (χ0) is 18.6. The van der Waals surface area contributed by atoms with Gasteiger partial charge in [0.1, 0.15) is 0 Å². The van der Waals surface area contributed by atoms with Gasteiger partial charge in [-0.25, -0.2) is 13.6 Å². The van der Waals surface area contributed by atoms with Crippen molar-refractivity contribution in [2.45, 2.75) is 25.1 Å². The van der Waals surface area contributed by atoms with Crippen LogP contribution in [0.15, 0.2) is 34.8 Å². The van der Waals surface area contributed by atoms with Gasteiger partial charge < -0.3 is 14.8 Å². The maximum atomic E-state index is 13.7. The smallest absolute Gasteiger partial charge is 0.325 e. The predicted octanol–water partition coefficient (Wildman–Crippen LogP) is 4.51. The molecule has 4 rings (SSSR count). The molecule has 2 bridgehead atoms. The van der Waals surface area contributed by atoms with E-state index in [0.717, 1.165) is 22.2 Å². The first kappa shape index (κ1) is 17.1. The minimum atomic E-state index is -1.08. The summed E-state index contributed by atoms with van der Waals surface area (Å²) in [5.74, 6) is -0.969. The van der Waals surface area contributed by atoms with Gasteiger partial charge in [-0.15, -0.1) is 0 Å². The van der Waals surface area contributed by atoms with Crippen LogP contribution >= 0.6 is 15.9 Å². The first-order valence-electron chi connectivity index (χ1n) is 7.94. The van der Waals surface area contributed by atoms with Crippen molar-refractivity contribution < 1.29 is 23.0 Å². The van der Waals surface area contributed by atoms with Crippen LogP contribution in [0.2, 0.25) is 0 Å². The van der Waals surface area contributed by atoms with Crippen molar-refractivity contribution in [1.29, 1.82) is 0 Å². The van der Waals surface area contributed by atoms with Crippen molar-refractivity contribution in [3.05, 3.63) is 52.0 Å². The Kier molecular flexibility index (Phi) is 3.83. The summed E-state index contributed by atoms with van der Waals surface area (Å²) < 4.78 is 39.4. The van der Waals surface area contributed by atoms with Gasteiger partial charge in [0.25, 0.3) is 0 Å². The van der Waals surface area contributed by atoms with Crippen molar-refractivity contribution in [2.24, 2.45) is 0 Å². The van der Waals surface area contributed by atoms with E-state index in [2.05, 4.69) is 21.2 Å². The van der Waals surface area contributed by atoms with Crippen LogP contribution in [0, 0.1) is 11.6 Å². The van der Waals surface area contributed by atoms with E-state index in [1.807, 2.05) is 6.07 Å². The third-order valence-electron chi connectivity index (χ3n) is 4.68. The van der Waals surface area contributed by atoms with Crippen molar-refractivity contribution in [1.82, 2.24) is 5.32 Å². The second kappa shape index (κ2) is 5.84. The number of carbonyl (C=O) groups is 1. The van der Waals surface area contributed by atoms with E-state index in [-0.39, 0.29) is 11.7 Å². The number of nitrogens with zero attached hydrogens (tertiary/aromatic N) is 1. The molecule has 136 valence electrons. The number of amides is 2. The molecule has 0 aromatic heterocycles. The van der Waals surface area contributed by atoms with E-state index in [0.29, 0.717) is 17.9 Å². The third kappa shape index (κ3) is 2.51. The normalized spacial score (nSPS) is 23.8. The maximum Gasteiger partial charge on any atom is 0.325 e. The molecular formula is C18H15BrF2N2O3. The number of hydrogen-bond acceptors (Lipinski definition) is 3. The van der Waals surface area contributed by atoms with Crippen LogP contribution in [0.25, 0.3) is 0 Å². The molecule has 2 aromatic carbocycles. The van der Waals surface area contributed by atoms with Crippen molar-refractivity contribution >= 4 is 27.6 Å². The quantitative estimate of drug-likeness (QED) is 0.771. The van der Waals surface area contributed by atoms with Crippen LogP contribution in [0.5, 0.6) is 11.5 Å². The monoisotopic (exact) mass is 424 g/mol. The van der Waals surface area contributed by atoms with E-state index in [4.69, 9.17) is 9.47 Å². The fourth-order valence-corrected chi connectivity index (χ4v) is 4.02. The number of fused-ring (bicyclic) bond motifs is 4. The van der Waals surface area contributed by atoms with Crippen LogP contribution in [-0.2, 0) is 0 Å². The highest BCUT2D eigenvalue weighted by atomic mass is 79.9. The lowest BCUT2D eigenvalue weighted by molar-refractivity contribution is 0.0348.